The van der Waals surface area contributed by atoms with Gasteiger partial charge in [0.1, 0.15) is 4.99 Å². The average Bonchev–Trinajstić information content (AvgIpc) is 2.37. The van der Waals surface area contributed by atoms with E-state index in [1.807, 2.05) is 33.8 Å². The molecule has 1 aromatic rings. The first-order chi connectivity index (χ1) is 9.85. The predicted molar refractivity (Wildman–Crippen MR) is 90.6 cm³/mol. The molecule has 0 bridgehead atoms. The molecule has 1 amide bonds. The lowest BCUT2D eigenvalue weighted by molar-refractivity contribution is -0.121. The highest BCUT2D eigenvalue weighted by atomic mass is 32.1. The summed E-state index contributed by atoms with van der Waals surface area (Å²) in [4.78, 5) is 16.4. The summed E-state index contributed by atoms with van der Waals surface area (Å²) in [7, 11) is 0. The van der Waals surface area contributed by atoms with Crippen LogP contribution in [0, 0.1) is 13.8 Å². The van der Waals surface area contributed by atoms with Crippen LogP contribution in [0.2, 0.25) is 0 Å². The highest BCUT2D eigenvalue weighted by Gasteiger charge is 2.11. The Labute approximate surface area is 131 Å². The maximum absolute atomic E-state index is 11.7. The van der Waals surface area contributed by atoms with Gasteiger partial charge in [-0.1, -0.05) is 19.1 Å². The van der Waals surface area contributed by atoms with Gasteiger partial charge in [-0.2, -0.15) is 0 Å². The molecular weight excluding hydrogens is 284 g/mol. The van der Waals surface area contributed by atoms with Crippen molar-refractivity contribution < 1.29 is 4.79 Å². The number of nitrogens with two attached hydrogens (primary N) is 1. The van der Waals surface area contributed by atoms with Crippen molar-refractivity contribution in [2.45, 2.75) is 46.6 Å². The van der Waals surface area contributed by atoms with Gasteiger partial charge < -0.3 is 16.4 Å². The number of carbonyl (C=O) groups is 1. The third-order valence-electron chi connectivity index (χ3n) is 3.26. The Bertz CT molecular complexity index is 531. The van der Waals surface area contributed by atoms with E-state index in [0.29, 0.717) is 18.0 Å². The Hall–Kier alpha value is -1.69. The van der Waals surface area contributed by atoms with Gasteiger partial charge in [-0.3, -0.25) is 9.78 Å². The van der Waals surface area contributed by atoms with Gasteiger partial charge >= 0.3 is 0 Å². The second-order valence-corrected chi connectivity index (χ2v) is 5.63. The van der Waals surface area contributed by atoms with Crippen molar-refractivity contribution in [1.82, 2.24) is 10.3 Å². The van der Waals surface area contributed by atoms with Gasteiger partial charge in [-0.25, -0.2) is 0 Å². The third-order valence-corrected chi connectivity index (χ3v) is 3.47. The zero-order valence-corrected chi connectivity index (χ0v) is 13.9. The summed E-state index contributed by atoms with van der Waals surface area (Å²) in [6.45, 7) is 8.35. The monoisotopic (exact) mass is 308 g/mol. The second kappa shape index (κ2) is 7.93. The Morgan fingerprint density at radius 3 is 2.71 bits per heavy atom. The van der Waals surface area contributed by atoms with Crippen LogP contribution in [0.1, 0.15) is 43.6 Å². The number of carbonyl (C=O) groups excluding carboxylic acids is 1. The maximum atomic E-state index is 11.7. The molecule has 1 rings (SSSR count). The molecule has 0 aliphatic rings. The number of hydrogen-bond acceptors (Lipinski definition) is 4. The van der Waals surface area contributed by atoms with Gasteiger partial charge in [0.25, 0.3) is 0 Å². The number of pyridine rings is 1. The molecule has 1 heterocycles. The van der Waals surface area contributed by atoms with E-state index in [4.69, 9.17) is 18.0 Å². The van der Waals surface area contributed by atoms with Crippen molar-refractivity contribution in [2.75, 3.05) is 11.9 Å². The Kier molecular flexibility index (Phi) is 6.55. The normalized spacial score (nSPS) is 11.8. The molecule has 1 atom stereocenters. The quantitative estimate of drug-likeness (QED) is 0.672. The number of rotatable bonds is 7. The van der Waals surface area contributed by atoms with E-state index in [0.717, 1.165) is 29.1 Å². The first kappa shape index (κ1) is 17.4. The first-order valence-electron chi connectivity index (χ1n) is 7.16. The van der Waals surface area contributed by atoms with Crippen LogP contribution in [-0.4, -0.2) is 28.5 Å². The molecule has 116 valence electrons. The summed E-state index contributed by atoms with van der Waals surface area (Å²) in [6.07, 6.45) is 1.33. The van der Waals surface area contributed by atoms with Crippen LogP contribution >= 0.6 is 12.2 Å². The van der Waals surface area contributed by atoms with Crippen LogP contribution in [0.3, 0.4) is 0 Å². The molecule has 0 aliphatic heterocycles. The number of aromatic nitrogens is 1. The van der Waals surface area contributed by atoms with E-state index in [2.05, 4.69) is 15.6 Å². The lowest BCUT2D eigenvalue weighted by Gasteiger charge is -2.15. The minimum atomic E-state index is 0.0382. The number of anilines is 1. The topological polar surface area (TPSA) is 80.0 Å². The van der Waals surface area contributed by atoms with Crippen molar-refractivity contribution in [3.63, 3.8) is 0 Å². The molecule has 0 aliphatic carbocycles. The summed E-state index contributed by atoms with van der Waals surface area (Å²) in [5.74, 6) is 0.0382. The van der Waals surface area contributed by atoms with E-state index >= 15 is 0 Å². The molecule has 4 N–H and O–H groups in total. The summed E-state index contributed by atoms with van der Waals surface area (Å²) < 4.78 is 0. The molecule has 5 nitrogen and oxygen atoms in total. The molecule has 1 unspecified atom stereocenters. The molecule has 0 saturated heterocycles. The van der Waals surface area contributed by atoms with E-state index in [9.17, 15) is 4.79 Å². The van der Waals surface area contributed by atoms with Gasteiger partial charge in [-0.05, 0) is 33.3 Å². The highest BCUT2D eigenvalue weighted by molar-refractivity contribution is 7.80. The lowest BCUT2D eigenvalue weighted by atomic mass is 10.1. The Morgan fingerprint density at radius 1 is 1.48 bits per heavy atom. The van der Waals surface area contributed by atoms with E-state index < -0.39 is 0 Å². The number of thiocarbonyl (C=S) groups is 1. The molecule has 21 heavy (non-hydrogen) atoms. The van der Waals surface area contributed by atoms with Gasteiger partial charge in [0.05, 0.1) is 5.56 Å². The van der Waals surface area contributed by atoms with Crippen LogP contribution in [0.4, 0.5) is 5.69 Å². The summed E-state index contributed by atoms with van der Waals surface area (Å²) in [5, 5.41) is 6.16. The minimum absolute atomic E-state index is 0.0382. The SMILES string of the molecule is CCC(C)NC(=O)CCNc1cc(C)nc(C)c1C(N)=S. The van der Waals surface area contributed by atoms with Gasteiger partial charge in [-0.15, -0.1) is 0 Å². The molecule has 6 heteroatoms. The Balaban J connectivity index is 2.67. The van der Waals surface area contributed by atoms with Crippen molar-refractivity contribution in [3.05, 3.63) is 23.0 Å². The fourth-order valence-electron chi connectivity index (χ4n) is 2.04. The zero-order chi connectivity index (χ0) is 16.0. The van der Waals surface area contributed by atoms with Gasteiger partial charge in [0.2, 0.25) is 5.91 Å². The second-order valence-electron chi connectivity index (χ2n) is 5.19. The van der Waals surface area contributed by atoms with Crippen molar-refractivity contribution >= 4 is 28.8 Å². The standard InChI is InChI=1S/C15H24N4OS/c1-5-9(2)19-13(20)6-7-17-12-8-10(3)18-11(4)14(12)15(16)21/h8-9H,5-7H2,1-4H3,(H2,16,21)(H,17,18)(H,19,20). The van der Waals surface area contributed by atoms with Crippen molar-refractivity contribution in [2.24, 2.45) is 5.73 Å². The fourth-order valence-corrected chi connectivity index (χ4v) is 2.30. The van der Waals surface area contributed by atoms with Crippen LogP contribution < -0.4 is 16.4 Å². The maximum Gasteiger partial charge on any atom is 0.221 e. The smallest absolute Gasteiger partial charge is 0.221 e. The molecule has 0 fully saturated rings. The molecule has 0 spiro atoms. The van der Waals surface area contributed by atoms with Crippen molar-refractivity contribution in [1.29, 1.82) is 0 Å². The minimum Gasteiger partial charge on any atom is -0.389 e. The van der Waals surface area contributed by atoms with Gasteiger partial charge in [0.15, 0.2) is 0 Å². The third kappa shape index (κ3) is 5.30. The Morgan fingerprint density at radius 2 is 2.14 bits per heavy atom. The van der Waals surface area contributed by atoms with Crippen molar-refractivity contribution in [3.8, 4) is 0 Å². The van der Waals surface area contributed by atoms with Crippen LogP contribution in [0.15, 0.2) is 6.07 Å². The molecule has 0 saturated carbocycles. The number of nitrogens with one attached hydrogen (secondary N) is 2. The lowest BCUT2D eigenvalue weighted by Crippen LogP contribution is -2.33. The van der Waals surface area contributed by atoms with Gasteiger partial charge in [0, 0.05) is 36.1 Å². The number of amides is 1. The summed E-state index contributed by atoms with van der Waals surface area (Å²) >= 11 is 5.07. The zero-order valence-electron chi connectivity index (χ0n) is 13.1. The van der Waals surface area contributed by atoms with Crippen LogP contribution in [-0.2, 0) is 4.79 Å². The van der Waals surface area contributed by atoms with E-state index in [-0.39, 0.29) is 11.9 Å². The fraction of sp³-hybridized carbons (Fsp3) is 0.533. The molecule has 0 aromatic carbocycles. The van der Waals surface area contributed by atoms with Crippen LogP contribution in [0.25, 0.3) is 0 Å². The van der Waals surface area contributed by atoms with E-state index in [1.54, 1.807) is 0 Å². The largest absolute Gasteiger partial charge is 0.389 e. The highest BCUT2D eigenvalue weighted by Crippen LogP contribution is 2.19. The van der Waals surface area contributed by atoms with E-state index in [1.165, 1.54) is 0 Å². The number of nitrogens with zero attached hydrogens (tertiary/aromatic N) is 1. The number of hydrogen-bond donors (Lipinski definition) is 3. The van der Waals surface area contributed by atoms with Crippen LogP contribution in [0.5, 0.6) is 0 Å². The summed E-state index contributed by atoms with van der Waals surface area (Å²) in [5.41, 5.74) is 9.03. The molecule has 0 radical (unpaired) electrons. The average molecular weight is 308 g/mol. The molecular formula is C15H24N4OS. The number of aryl methyl sites for hydroxylation is 2. The first-order valence-corrected chi connectivity index (χ1v) is 7.57. The summed E-state index contributed by atoms with van der Waals surface area (Å²) in [6, 6.07) is 2.10. The molecule has 1 aromatic heterocycles. The predicted octanol–water partition coefficient (Wildman–Crippen LogP) is 2.05.